The smallest absolute Gasteiger partial charge is 0.272 e. The zero-order valence-corrected chi connectivity index (χ0v) is 15.0. The first kappa shape index (κ1) is 17.5. The van der Waals surface area contributed by atoms with Gasteiger partial charge in [-0.15, -0.1) is 0 Å². The molecule has 1 fully saturated rings. The Morgan fingerprint density at radius 2 is 1.88 bits per heavy atom. The highest BCUT2D eigenvalue weighted by Crippen LogP contribution is 2.20. The molecule has 132 valence electrons. The lowest BCUT2D eigenvalue weighted by atomic mass is 10.1. The SMILES string of the molecule is CN(CCCc1ccccc1)C(=O)c1cc(N2CCCCC2)ccn1. The average molecular weight is 337 g/mol. The summed E-state index contributed by atoms with van der Waals surface area (Å²) in [7, 11) is 1.86. The number of carbonyl (C=O) groups excluding carboxylic acids is 1. The highest BCUT2D eigenvalue weighted by atomic mass is 16.2. The number of hydrogen-bond acceptors (Lipinski definition) is 3. The Morgan fingerprint density at radius 1 is 1.12 bits per heavy atom. The lowest BCUT2D eigenvalue weighted by Crippen LogP contribution is -2.31. The van der Waals surface area contributed by atoms with E-state index in [0.29, 0.717) is 5.69 Å². The second-order valence-electron chi connectivity index (χ2n) is 6.76. The number of nitrogens with zero attached hydrogens (tertiary/aromatic N) is 3. The number of amides is 1. The van der Waals surface area contributed by atoms with Crippen molar-refractivity contribution < 1.29 is 4.79 Å². The van der Waals surface area contributed by atoms with Gasteiger partial charge in [0.2, 0.25) is 0 Å². The first-order valence-corrected chi connectivity index (χ1v) is 9.24. The van der Waals surface area contributed by atoms with Crippen molar-refractivity contribution in [2.45, 2.75) is 32.1 Å². The van der Waals surface area contributed by atoms with Crippen molar-refractivity contribution >= 4 is 11.6 Å². The molecular weight excluding hydrogens is 310 g/mol. The van der Waals surface area contributed by atoms with Crippen LogP contribution in [0.15, 0.2) is 48.7 Å². The minimum atomic E-state index is 0.00641. The second kappa shape index (κ2) is 8.65. The summed E-state index contributed by atoms with van der Waals surface area (Å²) in [5.41, 5.74) is 2.98. The van der Waals surface area contributed by atoms with E-state index < -0.39 is 0 Å². The van der Waals surface area contributed by atoms with E-state index in [1.54, 1.807) is 11.1 Å². The molecule has 0 spiro atoms. The zero-order chi connectivity index (χ0) is 17.5. The molecule has 1 aliphatic rings. The summed E-state index contributed by atoms with van der Waals surface area (Å²) in [6.07, 6.45) is 7.46. The number of carbonyl (C=O) groups is 1. The van der Waals surface area contributed by atoms with Gasteiger partial charge < -0.3 is 9.80 Å². The molecule has 1 aromatic heterocycles. The molecule has 0 N–H and O–H groups in total. The number of rotatable bonds is 6. The summed E-state index contributed by atoms with van der Waals surface area (Å²) < 4.78 is 0. The summed E-state index contributed by atoms with van der Waals surface area (Å²) in [5, 5.41) is 0. The Balaban J connectivity index is 1.56. The van der Waals surface area contributed by atoms with Gasteiger partial charge in [0.1, 0.15) is 5.69 Å². The Morgan fingerprint density at radius 3 is 2.64 bits per heavy atom. The minimum absolute atomic E-state index is 0.00641. The van der Waals surface area contributed by atoms with E-state index in [4.69, 9.17) is 0 Å². The van der Waals surface area contributed by atoms with Crippen molar-refractivity contribution in [2.75, 3.05) is 31.6 Å². The van der Waals surface area contributed by atoms with Crippen LogP contribution in [0.2, 0.25) is 0 Å². The van der Waals surface area contributed by atoms with Gasteiger partial charge in [-0.2, -0.15) is 0 Å². The molecule has 0 unspecified atom stereocenters. The standard InChI is InChI=1S/C21H27N3O/c1-23(14-8-11-18-9-4-2-5-10-18)21(25)20-17-19(12-13-22-20)24-15-6-3-7-16-24/h2,4-5,9-10,12-13,17H,3,6-8,11,14-16H2,1H3. The second-order valence-corrected chi connectivity index (χ2v) is 6.76. The molecule has 0 bridgehead atoms. The van der Waals surface area contributed by atoms with Crippen LogP contribution in [0.3, 0.4) is 0 Å². The van der Waals surface area contributed by atoms with Gasteiger partial charge in [-0.05, 0) is 49.8 Å². The van der Waals surface area contributed by atoms with Crippen molar-refractivity contribution in [2.24, 2.45) is 0 Å². The van der Waals surface area contributed by atoms with Crippen molar-refractivity contribution in [3.63, 3.8) is 0 Å². The predicted octanol–water partition coefficient (Wildman–Crippen LogP) is 3.78. The van der Waals surface area contributed by atoms with Crippen LogP contribution in [0.4, 0.5) is 5.69 Å². The molecule has 0 aliphatic carbocycles. The molecule has 4 nitrogen and oxygen atoms in total. The quantitative estimate of drug-likeness (QED) is 0.805. The largest absolute Gasteiger partial charge is 0.371 e. The molecule has 2 heterocycles. The van der Waals surface area contributed by atoms with Crippen molar-refractivity contribution in [1.29, 1.82) is 0 Å². The van der Waals surface area contributed by atoms with Crippen LogP contribution < -0.4 is 4.90 Å². The van der Waals surface area contributed by atoms with Gasteiger partial charge in [0, 0.05) is 38.6 Å². The maximum absolute atomic E-state index is 12.7. The van der Waals surface area contributed by atoms with E-state index in [2.05, 4.69) is 34.1 Å². The maximum atomic E-state index is 12.7. The van der Waals surface area contributed by atoms with Gasteiger partial charge in [0.05, 0.1) is 0 Å². The molecular formula is C21H27N3O. The molecule has 3 rings (SSSR count). The third kappa shape index (κ3) is 4.81. The molecule has 0 saturated carbocycles. The first-order chi connectivity index (χ1) is 12.2. The first-order valence-electron chi connectivity index (χ1n) is 9.24. The Hall–Kier alpha value is -2.36. The highest BCUT2D eigenvalue weighted by Gasteiger charge is 2.16. The van der Waals surface area contributed by atoms with E-state index in [-0.39, 0.29) is 5.91 Å². The summed E-state index contributed by atoms with van der Waals surface area (Å²) >= 11 is 0. The topological polar surface area (TPSA) is 36.4 Å². The number of anilines is 1. The van der Waals surface area contributed by atoms with E-state index >= 15 is 0 Å². The van der Waals surface area contributed by atoms with Crippen molar-refractivity contribution in [3.8, 4) is 0 Å². The Labute approximate surface area is 150 Å². The predicted molar refractivity (Wildman–Crippen MR) is 102 cm³/mol. The van der Waals surface area contributed by atoms with E-state index in [9.17, 15) is 4.79 Å². The monoisotopic (exact) mass is 337 g/mol. The maximum Gasteiger partial charge on any atom is 0.272 e. The van der Waals surface area contributed by atoms with E-state index in [0.717, 1.165) is 38.2 Å². The molecule has 2 aromatic rings. The summed E-state index contributed by atoms with van der Waals surface area (Å²) in [6.45, 7) is 2.89. The molecule has 25 heavy (non-hydrogen) atoms. The van der Waals surface area contributed by atoms with Gasteiger partial charge in [-0.3, -0.25) is 9.78 Å². The number of piperidine rings is 1. The van der Waals surface area contributed by atoms with E-state index in [1.807, 2.05) is 25.2 Å². The number of benzene rings is 1. The molecule has 0 atom stereocenters. The number of pyridine rings is 1. The lowest BCUT2D eigenvalue weighted by molar-refractivity contribution is 0.0788. The van der Waals surface area contributed by atoms with Crippen LogP contribution in [-0.4, -0.2) is 42.5 Å². The van der Waals surface area contributed by atoms with Crippen molar-refractivity contribution in [3.05, 3.63) is 59.9 Å². The molecule has 1 aromatic carbocycles. The molecule has 1 amide bonds. The van der Waals surface area contributed by atoms with Gasteiger partial charge in [0.25, 0.3) is 5.91 Å². The van der Waals surface area contributed by atoms with Crippen LogP contribution in [0, 0.1) is 0 Å². The Bertz CT molecular complexity index is 681. The fourth-order valence-corrected chi connectivity index (χ4v) is 3.35. The summed E-state index contributed by atoms with van der Waals surface area (Å²) in [5.74, 6) is 0.00641. The highest BCUT2D eigenvalue weighted by molar-refractivity contribution is 5.93. The Kier molecular flexibility index (Phi) is 6.04. The average Bonchev–Trinajstić information content (AvgIpc) is 2.69. The number of aryl methyl sites for hydroxylation is 1. The summed E-state index contributed by atoms with van der Waals surface area (Å²) in [6, 6.07) is 14.4. The van der Waals surface area contributed by atoms with Crippen LogP contribution in [0.1, 0.15) is 41.7 Å². The molecule has 4 heteroatoms. The van der Waals surface area contributed by atoms with Crippen LogP contribution >= 0.6 is 0 Å². The normalized spacial score (nSPS) is 14.4. The fraction of sp³-hybridized carbons (Fsp3) is 0.429. The van der Waals surface area contributed by atoms with Crippen molar-refractivity contribution in [1.82, 2.24) is 9.88 Å². The minimum Gasteiger partial charge on any atom is -0.371 e. The van der Waals surface area contributed by atoms with Crippen LogP contribution in [0.5, 0.6) is 0 Å². The van der Waals surface area contributed by atoms with Gasteiger partial charge in [-0.25, -0.2) is 0 Å². The van der Waals surface area contributed by atoms with Crippen LogP contribution in [-0.2, 0) is 6.42 Å². The van der Waals surface area contributed by atoms with Crippen LogP contribution in [0.25, 0.3) is 0 Å². The number of aromatic nitrogens is 1. The van der Waals surface area contributed by atoms with E-state index in [1.165, 1.54) is 24.8 Å². The fourth-order valence-electron chi connectivity index (χ4n) is 3.35. The van der Waals surface area contributed by atoms with Gasteiger partial charge >= 0.3 is 0 Å². The third-order valence-corrected chi connectivity index (χ3v) is 4.83. The zero-order valence-electron chi connectivity index (χ0n) is 15.0. The lowest BCUT2D eigenvalue weighted by Gasteiger charge is -2.29. The molecule has 0 radical (unpaired) electrons. The summed E-state index contributed by atoms with van der Waals surface area (Å²) in [4.78, 5) is 21.1. The molecule has 1 aliphatic heterocycles. The van der Waals surface area contributed by atoms with Gasteiger partial charge in [-0.1, -0.05) is 30.3 Å². The van der Waals surface area contributed by atoms with Gasteiger partial charge in [0.15, 0.2) is 0 Å². The number of hydrogen-bond donors (Lipinski definition) is 0. The molecule has 1 saturated heterocycles. The third-order valence-electron chi connectivity index (χ3n) is 4.83.